The van der Waals surface area contributed by atoms with Crippen LogP contribution in [0.4, 0.5) is 5.13 Å². The number of amides is 1. The third-order valence-electron chi connectivity index (χ3n) is 6.69. The number of hydrogen-bond acceptors (Lipinski definition) is 6. The Bertz CT molecular complexity index is 1530. The molecule has 0 radical (unpaired) electrons. The number of benzene rings is 3. The number of aliphatic hydroxyl groups is 1. The Kier molecular flexibility index (Phi) is 6.12. The van der Waals surface area contributed by atoms with Gasteiger partial charge in [-0.05, 0) is 59.4 Å². The fourth-order valence-corrected chi connectivity index (χ4v) is 5.65. The molecule has 1 unspecified atom stereocenters. The Morgan fingerprint density at radius 1 is 1.03 bits per heavy atom. The van der Waals surface area contributed by atoms with Crippen LogP contribution in [0.15, 0.2) is 72.3 Å². The van der Waals surface area contributed by atoms with E-state index in [1.165, 1.54) is 16.2 Å². The molecule has 0 bridgehead atoms. The van der Waals surface area contributed by atoms with Crippen molar-refractivity contribution in [3.05, 3.63) is 94.6 Å². The van der Waals surface area contributed by atoms with Gasteiger partial charge in [0.2, 0.25) is 0 Å². The Labute approximate surface area is 219 Å². The summed E-state index contributed by atoms with van der Waals surface area (Å²) in [6, 6.07) is 19.8. The summed E-state index contributed by atoms with van der Waals surface area (Å²) < 4.78 is 6.25. The van der Waals surface area contributed by atoms with Gasteiger partial charge < -0.3 is 9.84 Å². The Balaban J connectivity index is 1.71. The van der Waals surface area contributed by atoms with E-state index in [0.29, 0.717) is 16.4 Å². The number of aromatic nitrogens is 1. The van der Waals surface area contributed by atoms with Crippen molar-refractivity contribution in [2.45, 2.75) is 39.2 Å². The molecule has 1 aromatic heterocycles. The van der Waals surface area contributed by atoms with E-state index in [0.717, 1.165) is 26.9 Å². The predicted molar refractivity (Wildman–Crippen MR) is 147 cm³/mol. The summed E-state index contributed by atoms with van der Waals surface area (Å²) in [5, 5.41) is 11.9. The van der Waals surface area contributed by atoms with E-state index in [-0.39, 0.29) is 16.7 Å². The lowest BCUT2D eigenvalue weighted by atomic mass is 9.85. The van der Waals surface area contributed by atoms with Crippen molar-refractivity contribution >= 4 is 44.1 Å². The average molecular weight is 513 g/mol. The average Bonchev–Trinajstić information content (AvgIpc) is 3.41. The topological polar surface area (TPSA) is 79.7 Å². The number of carbonyl (C=O) groups is 2. The molecule has 1 fully saturated rings. The number of aliphatic hydroxyl groups excluding tert-OH is 1. The summed E-state index contributed by atoms with van der Waals surface area (Å²) >= 11 is 1.34. The van der Waals surface area contributed by atoms with Crippen LogP contribution in [0, 0.1) is 6.92 Å². The van der Waals surface area contributed by atoms with Crippen molar-refractivity contribution in [1.29, 1.82) is 0 Å². The molecule has 1 atom stereocenters. The van der Waals surface area contributed by atoms with E-state index in [4.69, 9.17) is 4.74 Å². The third kappa shape index (κ3) is 4.29. The fraction of sp³-hybridized carbons (Fsp3) is 0.233. The summed E-state index contributed by atoms with van der Waals surface area (Å²) in [7, 11) is 1.58. The number of hydrogen-bond donors (Lipinski definition) is 1. The van der Waals surface area contributed by atoms with Gasteiger partial charge in [-0.2, -0.15) is 0 Å². The zero-order valence-corrected chi connectivity index (χ0v) is 22.2. The molecule has 6 nitrogen and oxygen atoms in total. The molecule has 0 aliphatic carbocycles. The lowest BCUT2D eigenvalue weighted by molar-refractivity contribution is -0.132. The van der Waals surface area contributed by atoms with Crippen LogP contribution in [-0.4, -0.2) is 28.9 Å². The van der Waals surface area contributed by atoms with Crippen LogP contribution in [0.5, 0.6) is 5.75 Å². The largest absolute Gasteiger partial charge is 0.507 e. The molecule has 4 aromatic rings. The van der Waals surface area contributed by atoms with Crippen LogP contribution in [-0.2, 0) is 15.0 Å². The second-order valence-electron chi connectivity index (χ2n) is 10.2. The Morgan fingerprint density at radius 3 is 2.35 bits per heavy atom. The summed E-state index contributed by atoms with van der Waals surface area (Å²) in [6.07, 6.45) is 0. The summed E-state index contributed by atoms with van der Waals surface area (Å²) in [6.45, 7) is 8.24. The number of ketones is 1. The molecule has 3 aromatic carbocycles. The number of nitrogens with zero attached hydrogens (tertiary/aromatic N) is 2. The van der Waals surface area contributed by atoms with Gasteiger partial charge in [0, 0.05) is 5.56 Å². The monoisotopic (exact) mass is 512 g/mol. The van der Waals surface area contributed by atoms with Gasteiger partial charge in [-0.1, -0.05) is 68.5 Å². The normalized spacial score (nSPS) is 17.5. The zero-order valence-electron chi connectivity index (χ0n) is 21.4. The number of rotatable bonds is 4. The lowest BCUT2D eigenvalue weighted by Crippen LogP contribution is -2.29. The number of para-hydroxylation sites is 1. The van der Waals surface area contributed by atoms with Crippen LogP contribution in [0.1, 0.15) is 49.1 Å². The van der Waals surface area contributed by atoms with Gasteiger partial charge in [-0.3, -0.25) is 14.5 Å². The number of Topliss-reactive ketones (excluding diaryl/α,β-unsaturated/α-hetero) is 1. The molecule has 1 amide bonds. The molecule has 1 aliphatic heterocycles. The maximum Gasteiger partial charge on any atom is 0.301 e. The second kappa shape index (κ2) is 9.16. The number of ether oxygens (including phenoxy) is 1. The molecule has 37 heavy (non-hydrogen) atoms. The van der Waals surface area contributed by atoms with Crippen molar-refractivity contribution in [2.75, 3.05) is 12.0 Å². The van der Waals surface area contributed by atoms with Crippen LogP contribution >= 0.6 is 11.3 Å². The van der Waals surface area contributed by atoms with Crippen LogP contribution < -0.4 is 9.64 Å². The van der Waals surface area contributed by atoms with Crippen LogP contribution in [0.3, 0.4) is 0 Å². The van der Waals surface area contributed by atoms with E-state index in [9.17, 15) is 14.7 Å². The SMILES string of the molecule is COc1ccc(/C(O)=C2\C(=O)C(=O)N(c3nc4ccccc4s3)C2c2ccc(C(C)(C)C)cc2)cc1C. The first-order valence-electron chi connectivity index (χ1n) is 12.0. The number of aryl methyl sites for hydroxylation is 1. The first kappa shape index (κ1) is 24.7. The number of anilines is 1. The van der Waals surface area contributed by atoms with Crippen molar-refractivity contribution in [1.82, 2.24) is 4.98 Å². The van der Waals surface area contributed by atoms with Gasteiger partial charge in [0.25, 0.3) is 5.78 Å². The third-order valence-corrected chi connectivity index (χ3v) is 7.73. The number of carbonyl (C=O) groups excluding carboxylic acids is 2. The lowest BCUT2D eigenvalue weighted by Gasteiger charge is -2.24. The molecule has 5 rings (SSSR count). The summed E-state index contributed by atoms with van der Waals surface area (Å²) in [5.74, 6) is -1.01. The smallest absolute Gasteiger partial charge is 0.301 e. The van der Waals surface area contributed by atoms with E-state index in [2.05, 4.69) is 25.8 Å². The number of methoxy groups -OCH3 is 1. The number of thiazole rings is 1. The Morgan fingerprint density at radius 2 is 1.73 bits per heavy atom. The fourth-order valence-electron chi connectivity index (χ4n) is 4.65. The molecule has 188 valence electrons. The van der Waals surface area contributed by atoms with E-state index >= 15 is 0 Å². The summed E-state index contributed by atoms with van der Waals surface area (Å²) in [5.41, 5.74) is 3.81. The molecule has 1 N–H and O–H groups in total. The van der Waals surface area contributed by atoms with E-state index < -0.39 is 17.7 Å². The molecule has 7 heteroatoms. The van der Waals surface area contributed by atoms with Gasteiger partial charge in [-0.15, -0.1) is 0 Å². The quantitative estimate of drug-likeness (QED) is 0.191. The second-order valence-corrected chi connectivity index (χ2v) is 11.2. The van der Waals surface area contributed by atoms with Crippen molar-refractivity contribution in [3.63, 3.8) is 0 Å². The zero-order chi connectivity index (χ0) is 26.5. The van der Waals surface area contributed by atoms with Gasteiger partial charge in [0.05, 0.1) is 28.9 Å². The van der Waals surface area contributed by atoms with Crippen LogP contribution in [0.25, 0.3) is 16.0 Å². The molecular formula is C30H28N2O4S. The standard InChI is InChI=1S/C30H28N2O4S/c1-17-16-19(12-15-22(17)36-5)26(33)24-25(18-10-13-20(14-11-18)30(2,3)4)32(28(35)27(24)34)29-31-21-8-6-7-9-23(21)37-29/h6-16,25,33H,1-5H3/b26-24+. The minimum Gasteiger partial charge on any atom is -0.507 e. The first-order chi connectivity index (χ1) is 17.6. The van der Waals surface area contributed by atoms with Crippen LogP contribution in [0.2, 0.25) is 0 Å². The highest BCUT2D eigenvalue weighted by Crippen LogP contribution is 2.44. The molecule has 1 aliphatic rings. The molecular weight excluding hydrogens is 484 g/mol. The summed E-state index contributed by atoms with van der Waals surface area (Å²) in [4.78, 5) is 33.0. The highest BCUT2D eigenvalue weighted by Gasteiger charge is 2.48. The maximum atomic E-state index is 13.5. The van der Waals surface area contributed by atoms with Crippen molar-refractivity contribution in [2.24, 2.45) is 0 Å². The van der Waals surface area contributed by atoms with Crippen molar-refractivity contribution in [3.8, 4) is 5.75 Å². The van der Waals surface area contributed by atoms with Gasteiger partial charge in [0.1, 0.15) is 11.5 Å². The maximum absolute atomic E-state index is 13.5. The van der Waals surface area contributed by atoms with Gasteiger partial charge in [-0.25, -0.2) is 4.98 Å². The molecule has 0 saturated carbocycles. The molecule has 1 saturated heterocycles. The van der Waals surface area contributed by atoms with E-state index in [1.54, 1.807) is 25.3 Å². The van der Waals surface area contributed by atoms with Crippen molar-refractivity contribution < 1.29 is 19.4 Å². The highest BCUT2D eigenvalue weighted by atomic mass is 32.1. The minimum atomic E-state index is -0.822. The molecule has 0 spiro atoms. The van der Waals surface area contributed by atoms with Gasteiger partial charge >= 0.3 is 5.91 Å². The molecule has 2 heterocycles. The number of fused-ring (bicyclic) bond motifs is 1. The van der Waals surface area contributed by atoms with E-state index in [1.807, 2.05) is 55.5 Å². The first-order valence-corrected chi connectivity index (χ1v) is 12.8. The minimum absolute atomic E-state index is 0.0392. The predicted octanol–water partition coefficient (Wildman–Crippen LogP) is 6.54. The highest BCUT2D eigenvalue weighted by molar-refractivity contribution is 7.22. The van der Waals surface area contributed by atoms with Gasteiger partial charge in [0.15, 0.2) is 5.13 Å². The Hall–Kier alpha value is -3.97.